The second-order valence-electron chi connectivity index (χ2n) is 6.70. The average Bonchev–Trinajstić information content (AvgIpc) is 3.04. The Balaban J connectivity index is 1.79. The molecule has 0 amide bonds. The van der Waals surface area contributed by atoms with Gasteiger partial charge in [0.15, 0.2) is 0 Å². The van der Waals surface area contributed by atoms with Crippen LogP contribution in [0.3, 0.4) is 0 Å². The Bertz CT molecular complexity index is 1260. The van der Waals surface area contributed by atoms with E-state index in [1.807, 2.05) is 31.2 Å². The molecule has 0 fully saturated rings. The van der Waals surface area contributed by atoms with Crippen LogP contribution in [0.15, 0.2) is 63.1 Å². The molecule has 0 saturated heterocycles. The number of hydrogen-bond acceptors (Lipinski definition) is 5. The minimum atomic E-state index is -0.678. The highest BCUT2D eigenvalue weighted by Crippen LogP contribution is 2.35. The molecule has 0 aliphatic carbocycles. The lowest BCUT2D eigenvalue weighted by Crippen LogP contribution is -2.31. The van der Waals surface area contributed by atoms with Crippen LogP contribution in [-0.4, -0.2) is 27.5 Å². The quantitative estimate of drug-likeness (QED) is 0.717. The number of allylic oxidation sites excluding steroid dienone is 1. The molecule has 1 aromatic heterocycles. The van der Waals surface area contributed by atoms with Crippen molar-refractivity contribution < 1.29 is 9.84 Å². The van der Waals surface area contributed by atoms with Gasteiger partial charge in [0.2, 0.25) is 5.88 Å². The van der Waals surface area contributed by atoms with E-state index < -0.39 is 11.2 Å². The predicted molar refractivity (Wildman–Crippen MR) is 112 cm³/mol. The fourth-order valence-electron chi connectivity index (χ4n) is 3.33. The van der Waals surface area contributed by atoms with Crippen LogP contribution in [0.2, 0.25) is 0 Å². The molecule has 1 aliphatic heterocycles. The Morgan fingerprint density at radius 3 is 2.59 bits per heavy atom. The number of aliphatic imine (C=N–C) groups is 1. The SMILES string of the molecule is COc1ccc(Cn2c(O)c(/C=C3\C(C)=Nc4ccccc43)c(=O)[nH]c2=O)cc1. The van der Waals surface area contributed by atoms with Gasteiger partial charge in [-0.1, -0.05) is 30.3 Å². The molecule has 0 spiro atoms. The number of H-pyrrole nitrogens is 1. The van der Waals surface area contributed by atoms with E-state index in [0.717, 1.165) is 32.7 Å². The number of ether oxygens (including phenoxy) is 1. The fraction of sp³-hybridized carbons (Fsp3) is 0.136. The largest absolute Gasteiger partial charge is 0.497 e. The van der Waals surface area contributed by atoms with Gasteiger partial charge in [-0.3, -0.25) is 19.3 Å². The van der Waals surface area contributed by atoms with E-state index in [2.05, 4.69) is 9.98 Å². The van der Waals surface area contributed by atoms with Gasteiger partial charge >= 0.3 is 5.69 Å². The number of methoxy groups -OCH3 is 1. The standard InChI is InChI=1S/C22H19N3O4/c1-13-17(16-5-3-4-6-19(16)23-13)11-18-20(26)24-22(28)25(21(18)27)12-14-7-9-15(29-2)10-8-14/h3-11,27H,12H2,1-2H3,(H,24,26,28)/b17-11+. The van der Waals surface area contributed by atoms with Crippen LogP contribution in [0.5, 0.6) is 11.6 Å². The second kappa shape index (κ2) is 7.27. The highest BCUT2D eigenvalue weighted by molar-refractivity contribution is 6.31. The third-order valence-corrected chi connectivity index (χ3v) is 4.87. The highest BCUT2D eigenvalue weighted by Gasteiger charge is 2.20. The monoisotopic (exact) mass is 389 g/mol. The van der Waals surface area contributed by atoms with Crippen molar-refractivity contribution in [3.63, 3.8) is 0 Å². The molecule has 0 radical (unpaired) electrons. The van der Waals surface area contributed by atoms with E-state index in [1.54, 1.807) is 37.5 Å². The third kappa shape index (κ3) is 3.38. The molecule has 0 unspecified atom stereocenters. The van der Waals surface area contributed by atoms with Crippen LogP contribution >= 0.6 is 0 Å². The third-order valence-electron chi connectivity index (χ3n) is 4.87. The maximum absolute atomic E-state index is 12.4. The second-order valence-corrected chi connectivity index (χ2v) is 6.70. The van der Waals surface area contributed by atoms with Gasteiger partial charge in [0.05, 0.1) is 19.3 Å². The summed E-state index contributed by atoms with van der Waals surface area (Å²) in [5, 5.41) is 10.7. The molecule has 2 heterocycles. The first-order valence-electron chi connectivity index (χ1n) is 9.03. The van der Waals surface area contributed by atoms with Crippen LogP contribution < -0.4 is 16.0 Å². The first-order valence-corrected chi connectivity index (χ1v) is 9.03. The predicted octanol–water partition coefficient (Wildman–Crippen LogP) is 2.95. The summed E-state index contributed by atoms with van der Waals surface area (Å²) in [7, 11) is 1.57. The molecule has 1 aliphatic rings. The molecule has 0 atom stereocenters. The smallest absolute Gasteiger partial charge is 0.331 e. The molecule has 0 bridgehead atoms. The molecule has 0 saturated carbocycles. The van der Waals surface area contributed by atoms with Crippen molar-refractivity contribution in [1.82, 2.24) is 9.55 Å². The van der Waals surface area contributed by atoms with Gasteiger partial charge in [0.1, 0.15) is 11.3 Å². The molecule has 4 rings (SSSR count). The van der Waals surface area contributed by atoms with E-state index in [0.29, 0.717) is 5.75 Å². The summed E-state index contributed by atoms with van der Waals surface area (Å²) in [5.74, 6) is 0.297. The fourth-order valence-corrected chi connectivity index (χ4v) is 3.33. The van der Waals surface area contributed by atoms with Gasteiger partial charge in [-0.15, -0.1) is 0 Å². The molecule has 7 heteroatoms. The van der Waals surface area contributed by atoms with Crippen molar-refractivity contribution in [2.75, 3.05) is 7.11 Å². The summed E-state index contributed by atoms with van der Waals surface area (Å²) in [6.45, 7) is 1.94. The number of nitrogens with one attached hydrogen (secondary N) is 1. The van der Waals surface area contributed by atoms with Crippen molar-refractivity contribution in [3.8, 4) is 11.6 Å². The molecule has 7 nitrogen and oxygen atoms in total. The summed E-state index contributed by atoms with van der Waals surface area (Å²) in [4.78, 5) is 31.5. The lowest BCUT2D eigenvalue weighted by atomic mass is 10.0. The number of benzene rings is 2. The van der Waals surface area contributed by atoms with E-state index in [4.69, 9.17) is 4.74 Å². The Morgan fingerprint density at radius 2 is 1.86 bits per heavy atom. The maximum Gasteiger partial charge on any atom is 0.331 e. The minimum absolute atomic E-state index is 0.0133. The highest BCUT2D eigenvalue weighted by atomic mass is 16.5. The van der Waals surface area contributed by atoms with E-state index in [1.165, 1.54) is 0 Å². The lowest BCUT2D eigenvalue weighted by molar-refractivity contribution is 0.407. The van der Waals surface area contributed by atoms with Crippen LogP contribution in [0.25, 0.3) is 11.6 Å². The molecule has 2 aromatic carbocycles. The normalized spacial score (nSPS) is 14.0. The summed E-state index contributed by atoms with van der Waals surface area (Å²) in [6, 6.07) is 14.7. The zero-order valence-electron chi connectivity index (χ0n) is 16.0. The molecule has 146 valence electrons. The van der Waals surface area contributed by atoms with Crippen molar-refractivity contribution in [3.05, 3.63) is 86.1 Å². The number of para-hydroxylation sites is 1. The van der Waals surface area contributed by atoms with E-state index in [9.17, 15) is 14.7 Å². The number of nitrogens with zero attached hydrogens (tertiary/aromatic N) is 2. The number of aromatic nitrogens is 2. The first-order chi connectivity index (χ1) is 14.0. The van der Waals surface area contributed by atoms with Crippen molar-refractivity contribution in [1.29, 1.82) is 0 Å². The van der Waals surface area contributed by atoms with Gasteiger partial charge in [-0.05, 0) is 36.8 Å². The average molecular weight is 389 g/mol. The number of fused-ring (bicyclic) bond motifs is 1. The van der Waals surface area contributed by atoms with Gasteiger partial charge in [-0.2, -0.15) is 0 Å². The number of aromatic amines is 1. The zero-order chi connectivity index (χ0) is 20.5. The van der Waals surface area contributed by atoms with E-state index in [-0.39, 0.29) is 18.0 Å². The zero-order valence-corrected chi connectivity index (χ0v) is 16.0. The molecule has 3 aromatic rings. The van der Waals surface area contributed by atoms with Crippen LogP contribution in [-0.2, 0) is 6.54 Å². The Labute approximate surface area is 166 Å². The summed E-state index contributed by atoms with van der Waals surface area (Å²) < 4.78 is 6.26. The molecule has 29 heavy (non-hydrogen) atoms. The van der Waals surface area contributed by atoms with Crippen LogP contribution in [0.1, 0.15) is 23.6 Å². The maximum atomic E-state index is 12.4. The molecular formula is C22H19N3O4. The van der Waals surface area contributed by atoms with Crippen molar-refractivity contribution in [2.45, 2.75) is 13.5 Å². The Hall–Kier alpha value is -3.87. The molecular weight excluding hydrogens is 370 g/mol. The van der Waals surface area contributed by atoms with Gasteiger partial charge in [0, 0.05) is 16.8 Å². The van der Waals surface area contributed by atoms with Crippen LogP contribution in [0.4, 0.5) is 5.69 Å². The van der Waals surface area contributed by atoms with Crippen LogP contribution in [0, 0.1) is 0 Å². The Morgan fingerprint density at radius 1 is 1.14 bits per heavy atom. The van der Waals surface area contributed by atoms with Gasteiger partial charge < -0.3 is 9.84 Å². The molecule has 2 N–H and O–H groups in total. The lowest BCUT2D eigenvalue weighted by Gasteiger charge is -2.11. The number of rotatable bonds is 4. The summed E-state index contributed by atoms with van der Waals surface area (Å²) in [6.07, 6.45) is 1.57. The van der Waals surface area contributed by atoms with Gasteiger partial charge in [-0.25, -0.2) is 4.79 Å². The van der Waals surface area contributed by atoms with Crippen molar-refractivity contribution in [2.24, 2.45) is 4.99 Å². The summed E-state index contributed by atoms with van der Waals surface area (Å²) in [5.41, 5.74) is 2.60. The first kappa shape index (κ1) is 18.5. The summed E-state index contributed by atoms with van der Waals surface area (Å²) >= 11 is 0. The van der Waals surface area contributed by atoms with Gasteiger partial charge in [0.25, 0.3) is 5.56 Å². The number of hydrogen-bond donors (Lipinski definition) is 2. The minimum Gasteiger partial charge on any atom is -0.497 e. The van der Waals surface area contributed by atoms with Crippen molar-refractivity contribution >= 4 is 23.0 Å². The number of aromatic hydroxyl groups is 1. The topological polar surface area (TPSA) is 96.7 Å². The Kier molecular flexibility index (Phi) is 4.64. The van der Waals surface area contributed by atoms with E-state index >= 15 is 0 Å².